The average molecular weight is 341 g/mol. The molecule has 2 aromatic carbocycles. The van der Waals surface area contributed by atoms with Gasteiger partial charge in [0.2, 0.25) is 0 Å². The number of nitrogens with one attached hydrogen (secondary N) is 1. The number of para-hydroxylation sites is 1. The highest BCUT2D eigenvalue weighted by Gasteiger charge is 2.18. The minimum absolute atomic E-state index is 0.148. The number of furan rings is 1. The van der Waals surface area contributed by atoms with Crippen molar-refractivity contribution < 1.29 is 4.42 Å². The zero-order chi connectivity index (χ0) is 15.0. The Kier molecular flexibility index (Phi) is 4.14. The van der Waals surface area contributed by atoms with Crippen LogP contribution in [0.5, 0.6) is 0 Å². The fourth-order valence-corrected chi connectivity index (χ4v) is 3.17. The Labute approximate surface area is 137 Å². The fraction of sp³-hybridized carbons (Fsp3) is 0.125. The molecule has 2 nitrogen and oxygen atoms in total. The van der Waals surface area contributed by atoms with E-state index < -0.39 is 0 Å². The second-order valence-electron chi connectivity index (χ2n) is 4.73. The third-order valence-corrected chi connectivity index (χ3v) is 4.04. The first kappa shape index (κ1) is 14.7. The molecule has 0 aliphatic rings. The van der Waals surface area contributed by atoms with Crippen LogP contribution >= 0.6 is 34.8 Å². The van der Waals surface area contributed by atoms with Gasteiger partial charge in [-0.3, -0.25) is 0 Å². The lowest BCUT2D eigenvalue weighted by Crippen LogP contribution is -2.16. The zero-order valence-corrected chi connectivity index (χ0v) is 13.4. The van der Waals surface area contributed by atoms with Gasteiger partial charge in [0.1, 0.15) is 5.76 Å². The van der Waals surface area contributed by atoms with Gasteiger partial charge < -0.3 is 9.73 Å². The summed E-state index contributed by atoms with van der Waals surface area (Å²) in [5, 5.41) is 5.95. The van der Waals surface area contributed by atoms with E-state index in [4.69, 9.17) is 39.2 Å². The highest BCUT2D eigenvalue weighted by atomic mass is 35.5. The second-order valence-corrected chi connectivity index (χ2v) is 6.01. The molecule has 0 aliphatic heterocycles. The number of rotatable bonds is 3. The van der Waals surface area contributed by atoms with E-state index in [0.29, 0.717) is 20.7 Å². The molecule has 0 amide bonds. The summed E-state index contributed by atoms with van der Waals surface area (Å²) >= 11 is 18.3. The predicted molar refractivity (Wildman–Crippen MR) is 88.6 cm³/mol. The Morgan fingerprint density at radius 3 is 2.33 bits per heavy atom. The molecule has 0 radical (unpaired) electrons. The van der Waals surface area contributed by atoms with Crippen LogP contribution in [-0.4, -0.2) is 7.05 Å². The van der Waals surface area contributed by atoms with Crippen molar-refractivity contribution in [1.29, 1.82) is 0 Å². The van der Waals surface area contributed by atoms with Crippen molar-refractivity contribution >= 4 is 45.8 Å². The van der Waals surface area contributed by atoms with Gasteiger partial charge in [0, 0.05) is 15.4 Å². The molecule has 0 bridgehead atoms. The van der Waals surface area contributed by atoms with Crippen LogP contribution in [0.3, 0.4) is 0 Å². The molecule has 0 spiro atoms. The van der Waals surface area contributed by atoms with E-state index in [1.54, 1.807) is 6.07 Å². The Morgan fingerprint density at radius 2 is 1.71 bits per heavy atom. The smallest absolute Gasteiger partial charge is 0.152 e. The van der Waals surface area contributed by atoms with E-state index in [9.17, 15) is 0 Å². The van der Waals surface area contributed by atoms with Gasteiger partial charge in [0.25, 0.3) is 0 Å². The van der Waals surface area contributed by atoms with Crippen molar-refractivity contribution in [2.75, 3.05) is 7.05 Å². The van der Waals surface area contributed by atoms with Crippen molar-refractivity contribution in [3.05, 3.63) is 68.9 Å². The van der Waals surface area contributed by atoms with Crippen LogP contribution in [0.15, 0.2) is 46.9 Å². The molecule has 1 N–H and O–H groups in total. The van der Waals surface area contributed by atoms with E-state index in [2.05, 4.69) is 5.32 Å². The van der Waals surface area contributed by atoms with Crippen LogP contribution in [0.25, 0.3) is 11.0 Å². The van der Waals surface area contributed by atoms with Crippen molar-refractivity contribution in [1.82, 2.24) is 5.32 Å². The summed E-state index contributed by atoms with van der Waals surface area (Å²) in [6.07, 6.45) is 0. The number of fused-ring (bicyclic) bond motifs is 1. The van der Waals surface area contributed by atoms with E-state index in [0.717, 1.165) is 16.7 Å². The molecule has 3 aromatic rings. The molecule has 21 heavy (non-hydrogen) atoms. The second kappa shape index (κ2) is 5.90. The molecule has 0 aliphatic carbocycles. The van der Waals surface area contributed by atoms with Crippen molar-refractivity contribution in [2.45, 2.75) is 6.04 Å². The van der Waals surface area contributed by atoms with Crippen molar-refractivity contribution in [2.24, 2.45) is 0 Å². The third kappa shape index (κ3) is 2.90. The summed E-state index contributed by atoms with van der Waals surface area (Å²) in [6, 6.07) is 12.9. The van der Waals surface area contributed by atoms with Crippen molar-refractivity contribution in [3.63, 3.8) is 0 Å². The summed E-state index contributed by atoms with van der Waals surface area (Å²) < 4.78 is 5.91. The molecular formula is C16H12Cl3NO. The van der Waals surface area contributed by atoms with Gasteiger partial charge in [-0.25, -0.2) is 0 Å². The van der Waals surface area contributed by atoms with Crippen LogP contribution in [0, 0.1) is 0 Å². The monoisotopic (exact) mass is 339 g/mol. The first-order valence-corrected chi connectivity index (χ1v) is 7.53. The number of benzene rings is 2. The highest BCUT2D eigenvalue weighted by Crippen LogP contribution is 2.33. The van der Waals surface area contributed by atoms with Gasteiger partial charge in [0.15, 0.2) is 5.58 Å². The topological polar surface area (TPSA) is 25.2 Å². The van der Waals surface area contributed by atoms with E-state index >= 15 is 0 Å². The van der Waals surface area contributed by atoms with E-state index in [1.165, 1.54) is 0 Å². The van der Waals surface area contributed by atoms with Crippen LogP contribution in [0.2, 0.25) is 15.1 Å². The highest BCUT2D eigenvalue weighted by molar-refractivity contribution is 6.35. The normalized spacial score (nSPS) is 12.8. The van der Waals surface area contributed by atoms with Crippen LogP contribution < -0.4 is 5.32 Å². The molecule has 0 saturated carbocycles. The lowest BCUT2D eigenvalue weighted by atomic mass is 10.0. The minimum Gasteiger partial charge on any atom is -0.457 e. The minimum atomic E-state index is -0.148. The zero-order valence-electron chi connectivity index (χ0n) is 11.2. The van der Waals surface area contributed by atoms with Gasteiger partial charge >= 0.3 is 0 Å². The number of hydrogen-bond donors (Lipinski definition) is 1. The standard InChI is InChI=1S/C16H12Cl3NO/c1-20-15(10-5-11(17)8-12(18)6-10)14-7-9-3-2-4-13(19)16(9)21-14/h2-8,15,20H,1H3. The lowest BCUT2D eigenvalue weighted by molar-refractivity contribution is 0.492. The molecule has 3 rings (SSSR count). The summed E-state index contributed by atoms with van der Waals surface area (Å²) in [6.45, 7) is 0. The Hall–Kier alpha value is -1.19. The summed E-state index contributed by atoms with van der Waals surface area (Å²) in [5.74, 6) is 0.763. The number of halogens is 3. The van der Waals surface area contributed by atoms with Gasteiger partial charge in [-0.15, -0.1) is 0 Å². The fourth-order valence-electron chi connectivity index (χ4n) is 2.40. The Morgan fingerprint density at radius 1 is 1.00 bits per heavy atom. The van der Waals surface area contributed by atoms with Gasteiger partial charge in [0.05, 0.1) is 11.1 Å². The molecule has 1 heterocycles. The summed E-state index contributed by atoms with van der Waals surface area (Å²) in [4.78, 5) is 0. The number of hydrogen-bond acceptors (Lipinski definition) is 2. The maximum Gasteiger partial charge on any atom is 0.152 e. The van der Waals surface area contributed by atoms with Crippen LogP contribution in [0.4, 0.5) is 0 Å². The predicted octanol–water partition coefficient (Wildman–Crippen LogP) is 5.70. The molecule has 1 aromatic heterocycles. The lowest BCUT2D eigenvalue weighted by Gasteiger charge is -2.14. The maximum atomic E-state index is 6.16. The van der Waals surface area contributed by atoms with Crippen LogP contribution in [0.1, 0.15) is 17.4 Å². The molecule has 1 unspecified atom stereocenters. The summed E-state index contributed by atoms with van der Waals surface area (Å²) in [7, 11) is 1.86. The third-order valence-electron chi connectivity index (χ3n) is 3.31. The van der Waals surface area contributed by atoms with Crippen molar-refractivity contribution in [3.8, 4) is 0 Å². The molecule has 108 valence electrons. The molecule has 5 heteroatoms. The van der Waals surface area contributed by atoms with Gasteiger partial charge in [-0.1, -0.05) is 46.9 Å². The van der Waals surface area contributed by atoms with E-state index in [1.807, 2.05) is 43.4 Å². The molecule has 0 fully saturated rings. The Balaban J connectivity index is 2.11. The Bertz CT molecular complexity index is 777. The summed E-state index contributed by atoms with van der Waals surface area (Å²) in [5.41, 5.74) is 1.62. The van der Waals surface area contributed by atoms with E-state index in [-0.39, 0.29) is 6.04 Å². The van der Waals surface area contributed by atoms with Crippen LogP contribution in [-0.2, 0) is 0 Å². The largest absolute Gasteiger partial charge is 0.457 e. The molecule has 0 saturated heterocycles. The van der Waals surface area contributed by atoms with Gasteiger partial charge in [-0.05, 0) is 42.9 Å². The van der Waals surface area contributed by atoms with Gasteiger partial charge in [-0.2, -0.15) is 0 Å². The molecule has 1 atom stereocenters. The molecular weight excluding hydrogens is 329 g/mol. The quantitative estimate of drug-likeness (QED) is 0.661. The first-order chi connectivity index (χ1) is 10.1. The SMILES string of the molecule is CNC(c1cc(Cl)cc(Cl)c1)c1cc2cccc(Cl)c2o1. The average Bonchev–Trinajstić information content (AvgIpc) is 2.83. The maximum absolute atomic E-state index is 6.16. The first-order valence-electron chi connectivity index (χ1n) is 6.39.